The average Bonchev–Trinajstić information content (AvgIpc) is 2.28. The van der Waals surface area contributed by atoms with Gasteiger partial charge in [-0.3, -0.25) is 4.72 Å². The maximum absolute atomic E-state index is 11.8. The Balaban J connectivity index is 2.59. The summed E-state index contributed by atoms with van der Waals surface area (Å²) in [7, 11) is -3.39. The van der Waals surface area contributed by atoms with Crippen LogP contribution in [0.15, 0.2) is 18.2 Å². The Morgan fingerprint density at radius 2 is 1.94 bits per heavy atom. The molecule has 0 radical (unpaired) electrons. The third-order valence-electron chi connectivity index (χ3n) is 2.17. The summed E-state index contributed by atoms with van der Waals surface area (Å²) < 4.78 is 25.9. The fourth-order valence-electron chi connectivity index (χ4n) is 1.30. The van der Waals surface area contributed by atoms with E-state index in [1.165, 1.54) is 6.07 Å². The van der Waals surface area contributed by atoms with E-state index in [9.17, 15) is 8.42 Å². The summed E-state index contributed by atoms with van der Waals surface area (Å²) in [5.74, 6) is 0.00591. The molecule has 0 unspecified atom stereocenters. The van der Waals surface area contributed by atoms with E-state index >= 15 is 0 Å². The third kappa shape index (κ3) is 5.44. The van der Waals surface area contributed by atoms with E-state index in [-0.39, 0.29) is 10.8 Å². The molecule has 0 spiro atoms. The van der Waals surface area contributed by atoms with E-state index in [0.29, 0.717) is 17.3 Å². The minimum absolute atomic E-state index is 0.00591. The SMILES string of the molecule is CCCNCCS(=O)(=O)Nc1ccc(Cl)cc1Cl. The number of rotatable bonds is 7. The van der Waals surface area contributed by atoms with Gasteiger partial charge in [0.25, 0.3) is 0 Å². The van der Waals surface area contributed by atoms with Crippen LogP contribution in [0.1, 0.15) is 13.3 Å². The van der Waals surface area contributed by atoms with Crippen molar-refractivity contribution < 1.29 is 8.42 Å². The number of nitrogens with one attached hydrogen (secondary N) is 2. The zero-order valence-electron chi connectivity index (χ0n) is 10.0. The summed E-state index contributed by atoms with van der Waals surface area (Å²) in [6.07, 6.45) is 0.969. The van der Waals surface area contributed by atoms with Crippen molar-refractivity contribution in [3.63, 3.8) is 0 Å². The summed E-state index contributed by atoms with van der Waals surface area (Å²) in [5.41, 5.74) is 0.344. The molecule has 0 heterocycles. The second-order valence-corrected chi connectivity index (χ2v) is 6.48. The summed E-state index contributed by atoms with van der Waals surface area (Å²) in [6.45, 7) is 3.23. The van der Waals surface area contributed by atoms with Crippen LogP contribution in [0.2, 0.25) is 10.0 Å². The van der Waals surface area contributed by atoms with Crippen molar-refractivity contribution >= 4 is 38.9 Å². The minimum atomic E-state index is -3.39. The Kier molecular flexibility index (Phi) is 6.21. The Morgan fingerprint density at radius 1 is 1.22 bits per heavy atom. The minimum Gasteiger partial charge on any atom is -0.316 e. The van der Waals surface area contributed by atoms with Crippen molar-refractivity contribution in [3.05, 3.63) is 28.2 Å². The Morgan fingerprint density at radius 3 is 2.56 bits per heavy atom. The number of hydrogen-bond acceptors (Lipinski definition) is 3. The zero-order valence-corrected chi connectivity index (χ0v) is 12.4. The molecule has 0 saturated heterocycles. The van der Waals surface area contributed by atoms with E-state index in [1.807, 2.05) is 6.92 Å². The van der Waals surface area contributed by atoms with Crippen molar-refractivity contribution in [2.24, 2.45) is 0 Å². The highest BCUT2D eigenvalue weighted by Crippen LogP contribution is 2.26. The van der Waals surface area contributed by atoms with Crippen LogP contribution in [0, 0.1) is 0 Å². The van der Waals surface area contributed by atoms with Crippen molar-refractivity contribution in [1.82, 2.24) is 5.32 Å². The topological polar surface area (TPSA) is 58.2 Å². The van der Waals surface area contributed by atoms with E-state index < -0.39 is 10.0 Å². The Labute approximate surface area is 118 Å². The van der Waals surface area contributed by atoms with Gasteiger partial charge in [0.15, 0.2) is 0 Å². The first-order valence-corrected chi connectivity index (χ1v) is 8.01. The molecular weight excluding hydrogens is 295 g/mol. The molecule has 1 rings (SSSR count). The number of anilines is 1. The molecule has 1 aromatic rings. The molecular formula is C11H16Cl2N2O2S. The monoisotopic (exact) mass is 310 g/mol. The lowest BCUT2D eigenvalue weighted by atomic mass is 10.3. The van der Waals surface area contributed by atoms with Gasteiger partial charge in [-0.15, -0.1) is 0 Å². The second kappa shape index (κ2) is 7.19. The molecule has 4 nitrogen and oxygen atoms in total. The largest absolute Gasteiger partial charge is 0.316 e. The smallest absolute Gasteiger partial charge is 0.234 e. The predicted molar refractivity (Wildman–Crippen MR) is 77.0 cm³/mol. The maximum atomic E-state index is 11.8. The zero-order chi connectivity index (χ0) is 13.6. The highest BCUT2D eigenvalue weighted by atomic mass is 35.5. The molecule has 0 saturated carbocycles. The fourth-order valence-corrected chi connectivity index (χ4v) is 2.84. The van der Waals surface area contributed by atoms with Gasteiger partial charge < -0.3 is 5.32 Å². The van der Waals surface area contributed by atoms with Gasteiger partial charge in [-0.05, 0) is 31.2 Å². The van der Waals surface area contributed by atoms with Gasteiger partial charge >= 0.3 is 0 Å². The van der Waals surface area contributed by atoms with Crippen LogP contribution in [-0.4, -0.2) is 27.3 Å². The molecule has 2 N–H and O–H groups in total. The third-order valence-corrected chi connectivity index (χ3v) is 3.99. The quantitative estimate of drug-likeness (QED) is 0.761. The number of sulfonamides is 1. The molecule has 0 atom stereocenters. The normalized spacial score (nSPS) is 11.5. The fraction of sp³-hybridized carbons (Fsp3) is 0.455. The maximum Gasteiger partial charge on any atom is 0.234 e. The molecule has 0 aliphatic carbocycles. The van der Waals surface area contributed by atoms with Gasteiger partial charge in [0.05, 0.1) is 16.5 Å². The Bertz CT molecular complexity index is 492. The summed E-state index contributed by atoms with van der Waals surface area (Å²) in [4.78, 5) is 0. The van der Waals surface area contributed by atoms with Gasteiger partial charge in [-0.1, -0.05) is 30.1 Å². The predicted octanol–water partition coefficient (Wildman–Crippen LogP) is 2.73. The van der Waals surface area contributed by atoms with Crippen LogP contribution in [0.3, 0.4) is 0 Å². The summed E-state index contributed by atoms with van der Waals surface area (Å²) >= 11 is 11.6. The average molecular weight is 311 g/mol. The molecule has 0 bridgehead atoms. The van der Waals surface area contributed by atoms with Gasteiger partial charge in [0.1, 0.15) is 0 Å². The van der Waals surface area contributed by atoms with Gasteiger partial charge in [-0.2, -0.15) is 0 Å². The first-order valence-electron chi connectivity index (χ1n) is 5.61. The van der Waals surface area contributed by atoms with Crippen LogP contribution in [-0.2, 0) is 10.0 Å². The number of halogens is 2. The lowest BCUT2D eigenvalue weighted by molar-refractivity contribution is 0.595. The van der Waals surface area contributed by atoms with Crippen LogP contribution in [0.25, 0.3) is 0 Å². The van der Waals surface area contributed by atoms with Crippen molar-refractivity contribution in [3.8, 4) is 0 Å². The molecule has 102 valence electrons. The molecule has 0 aromatic heterocycles. The van der Waals surface area contributed by atoms with Gasteiger partial charge in [0.2, 0.25) is 10.0 Å². The van der Waals surface area contributed by atoms with Crippen molar-refractivity contribution in [2.75, 3.05) is 23.6 Å². The van der Waals surface area contributed by atoms with Crippen LogP contribution in [0.5, 0.6) is 0 Å². The second-order valence-electron chi connectivity index (χ2n) is 3.80. The summed E-state index contributed by atoms with van der Waals surface area (Å²) in [6, 6.07) is 4.62. The molecule has 0 aliphatic rings. The molecule has 18 heavy (non-hydrogen) atoms. The highest BCUT2D eigenvalue weighted by Gasteiger charge is 2.12. The molecule has 0 aliphatic heterocycles. The number of benzene rings is 1. The van der Waals surface area contributed by atoms with E-state index in [2.05, 4.69) is 10.0 Å². The first kappa shape index (κ1) is 15.6. The lowest BCUT2D eigenvalue weighted by Crippen LogP contribution is -2.27. The van der Waals surface area contributed by atoms with Crippen LogP contribution >= 0.6 is 23.2 Å². The standard InChI is InChI=1S/C11H16Cl2N2O2S/c1-2-5-14-6-7-18(16,17)15-11-4-3-9(12)8-10(11)13/h3-4,8,14-15H,2,5-7H2,1H3. The Hall–Kier alpha value is -0.490. The van der Waals surface area contributed by atoms with Crippen LogP contribution in [0.4, 0.5) is 5.69 Å². The first-order chi connectivity index (χ1) is 8.44. The van der Waals surface area contributed by atoms with Crippen molar-refractivity contribution in [2.45, 2.75) is 13.3 Å². The number of hydrogen-bond donors (Lipinski definition) is 2. The lowest BCUT2D eigenvalue weighted by Gasteiger charge is -2.10. The van der Waals surface area contributed by atoms with Gasteiger partial charge in [-0.25, -0.2) is 8.42 Å². The molecule has 0 amide bonds. The molecule has 0 fully saturated rings. The van der Waals surface area contributed by atoms with Crippen LogP contribution < -0.4 is 10.0 Å². The molecule has 7 heteroatoms. The molecule has 1 aromatic carbocycles. The highest BCUT2D eigenvalue weighted by molar-refractivity contribution is 7.92. The van der Waals surface area contributed by atoms with Gasteiger partial charge in [0, 0.05) is 11.6 Å². The van der Waals surface area contributed by atoms with Crippen molar-refractivity contribution in [1.29, 1.82) is 0 Å². The van der Waals surface area contributed by atoms with E-state index in [0.717, 1.165) is 13.0 Å². The summed E-state index contributed by atoms with van der Waals surface area (Å²) in [5, 5.41) is 3.78. The van der Waals surface area contributed by atoms with E-state index in [1.54, 1.807) is 12.1 Å². The van der Waals surface area contributed by atoms with E-state index in [4.69, 9.17) is 23.2 Å².